The lowest BCUT2D eigenvalue weighted by atomic mass is 9.68. The van der Waals surface area contributed by atoms with Crippen molar-refractivity contribution in [3.8, 4) is 22.6 Å². The zero-order valence-corrected chi connectivity index (χ0v) is 18.1. The van der Waals surface area contributed by atoms with Crippen LogP contribution in [-0.2, 0) is 5.41 Å². The molecule has 5 rings (SSSR count). The smallest absolute Gasteiger partial charge is 0.120 e. The first kappa shape index (κ1) is 19.4. The standard InChI is InChI=1S/C29H26O2/c1-28(2,3)31-23-18-14-21(15-19-23)29(20-12-16-22(30)17-13-20)26-10-6-4-8-24(26)25-9-5-7-11-27(25)29/h4-19,30H,1-3H3. The topological polar surface area (TPSA) is 29.5 Å². The Morgan fingerprint density at radius 2 is 1.06 bits per heavy atom. The minimum absolute atomic E-state index is 0.247. The maximum absolute atomic E-state index is 9.97. The number of phenolic OH excluding ortho intramolecular Hbond substituents is 1. The van der Waals surface area contributed by atoms with Crippen LogP contribution in [0.2, 0.25) is 0 Å². The Balaban J connectivity index is 1.80. The van der Waals surface area contributed by atoms with Crippen molar-refractivity contribution in [2.75, 3.05) is 0 Å². The minimum atomic E-state index is -0.457. The summed E-state index contributed by atoms with van der Waals surface area (Å²) in [5.74, 6) is 1.13. The molecule has 1 aliphatic carbocycles. The number of hydrogen-bond donors (Lipinski definition) is 1. The molecule has 4 aromatic carbocycles. The first-order chi connectivity index (χ1) is 14.9. The molecule has 4 aromatic rings. The van der Waals surface area contributed by atoms with E-state index in [1.54, 1.807) is 12.1 Å². The second-order valence-corrected chi connectivity index (χ2v) is 9.13. The second-order valence-electron chi connectivity index (χ2n) is 9.13. The maximum atomic E-state index is 9.97. The normalized spacial score (nSPS) is 14.0. The lowest BCUT2D eigenvalue weighted by molar-refractivity contribution is 0.131. The molecule has 0 fully saturated rings. The van der Waals surface area contributed by atoms with Crippen molar-refractivity contribution in [2.45, 2.75) is 31.8 Å². The highest BCUT2D eigenvalue weighted by Gasteiger charge is 2.45. The molecular formula is C29H26O2. The van der Waals surface area contributed by atoms with Gasteiger partial charge in [-0.05, 0) is 78.4 Å². The van der Waals surface area contributed by atoms with E-state index in [1.807, 2.05) is 12.1 Å². The Hall–Kier alpha value is -3.52. The fourth-order valence-electron chi connectivity index (χ4n) is 4.86. The molecule has 0 amide bonds. The van der Waals surface area contributed by atoms with E-state index < -0.39 is 5.41 Å². The zero-order chi connectivity index (χ0) is 21.6. The highest BCUT2D eigenvalue weighted by molar-refractivity contribution is 5.86. The molecular weight excluding hydrogens is 380 g/mol. The molecule has 0 aromatic heterocycles. The van der Waals surface area contributed by atoms with Crippen molar-refractivity contribution in [1.29, 1.82) is 0 Å². The fourth-order valence-corrected chi connectivity index (χ4v) is 4.86. The molecule has 2 heteroatoms. The molecule has 31 heavy (non-hydrogen) atoms. The van der Waals surface area contributed by atoms with Gasteiger partial charge >= 0.3 is 0 Å². The lowest BCUT2D eigenvalue weighted by Crippen LogP contribution is -2.28. The van der Waals surface area contributed by atoms with Crippen molar-refractivity contribution in [3.63, 3.8) is 0 Å². The van der Waals surface area contributed by atoms with Crippen molar-refractivity contribution in [3.05, 3.63) is 119 Å². The van der Waals surface area contributed by atoms with Crippen LogP contribution in [0, 0.1) is 0 Å². The van der Waals surface area contributed by atoms with E-state index in [2.05, 4.69) is 93.6 Å². The van der Waals surface area contributed by atoms with Crippen LogP contribution in [0.25, 0.3) is 11.1 Å². The average molecular weight is 407 g/mol. The molecule has 0 bridgehead atoms. The summed E-state index contributed by atoms with van der Waals surface area (Å²) >= 11 is 0. The van der Waals surface area contributed by atoms with Gasteiger partial charge in [0.1, 0.15) is 17.1 Å². The molecule has 0 saturated carbocycles. The summed E-state index contributed by atoms with van der Waals surface area (Å²) in [7, 11) is 0. The van der Waals surface area contributed by atoms with Gasteiger partial charge in [-0.1, -0.05) is 72.8 Å². The van der Waals surface area contributed by atoms with Gasteiger partial charge < -0.3 is 9.84 Å². The summed E-state index contributed by atoms with van der Waals surface area (Å²) in [6.07, 6.45) is 0. The van der Waals surface area contributed by atoms with Crippen LogP contribution in [0.1, 0.15) is 43.0 Å². The first-order valence-electron chi connectivity index (χ1n) is 10.7. The van der Waals surface area contributed by atoms with Gasteiger partial charge in [0.05, 0.1) is 5.41 Å². The van der Waals surface area contributed by atoms with Crippen LogP contribution in [-0.4, -0.2) is 10.7 Å². The van der Waals surface area contributed by atoms with Gasteiger partial charge in [0.25, 0.3) is 0 Å². The van der Waals surface area contributed by atoms with Crippen LogP contribution >= 0.6 is 0 Å². The molecule has 1 N–H and O–H groups in total. The Bertz CT molecular complexity index is 1180. The quantitative estimate of drug-likeness (QED) is 0.352. The Morgan fingerprint density at radius 3 is 1.55 bits per heavy atom. The number of rotatable bonds is 3. The van der Waals surface area contributed by atoms with E-state index in [-0.39, 0.29) is 11.4 Å². The third-order valence-electron chi connectivity index (χ3n) is 5.96. The van der Waals surface area contributed by atoms with Gasteiger partial charge in [-0.25, -0.2) is 0 Å². The largest absolute Gasteiger partial charge is 0.508 e. The molecule has 1 aliphatic rings. The summed E-state index contributed by atoms with van der Waals surface area (Å²) in [5, 5.41) is 9.97. The number of aromatic hydroxyl groups is 1. The lowest BCUT2D eigenvalue weighted by Gasteiger charge is -2.34. The fraction of sp³-hybridized carbons (Fsp3) is 0.172. The van der Waals surface area contributed by atoms with Gasteiger partial charge in [-0.3, -0.25) is 0 Å². The average Bonchev–Trinajstić information content (AvgIpc) is 3.05. The molecule has 0 spiro atoms. The number of benzene rings is 4. The number of ether oxygens (including phenoxy) is 1. The third-order valence-corrected chi connectivity index (χ3v) is 5.96. The van der Waals surface area contributed by atoms with Crippen molar-refractivity contribution >= 4 is 0 Å². The number of hydrogen-bond acceptors (Lipinski definition) is 2. The molecule has 0 radical (unpaired) electrons. The van der Waals surface area contributed by atoms with Crippen LogP contribution in [0.3, 0.4) is 0 Å². The molecule has 2 nitrogen and oxygen atoms in total. The van der Waals surface area contributed by atoms with Crippen LogP contribution in [0.4, 0.5) is 0 Å². The van der Waals surface area contributed by atoms with Crippen LogP contribution in [0.5, 0.6) is 11.5 Å². The third kappa shape index (κ3) is 3.11. The van der Waals surface area contributed by atoms with E-state index in [0.717, 1.165) is 11.3 Å². The molecule has 0 atom stereocenters. The summed E-state index contributed by atoms with van der Waals surface area (Å²) < 4.78 is 6.08. The van der Waals surface area contributed by atoms with Gasteiger partial charge in [0, 0.05) is 0 Å². The summed E-state index contributed by atoms with van der Waals surface area (Å²) in [6, 6.07) is 33.4. The Kier molecular flexibility index (Phi) is 4.40. The van der Waals surface area contributed by atoms with Gasteiger partial charge in [-0.2, -0.15) is 0 Å². The van der Waals surface area contributed by atoms with E-state index in [1.165, 1.54) is 27.8 Å². The predicted molar refractivity (Wildman–Crippen MR) is 126 cm³/mol. The molecule has 0 heterocycles. The summed E-state index contributed by atoms with van der Waals surface area (Å²) in [5.41, 5.74) is 6.62. The molecule has 0 saturated heterocycles. The molecule has 0 unspecified atom stereocenters. The van der Waals surface area contributed by atoms with E-state index >= 15 is 0 Å². The first-order valence-corrected chi connectivity index (χ1v) is 10.7. The summed E-state index contributed by atoms with van der Waals surface area (Å²) in [4.78, 5) is 0. The van der Waals surface area contributed by atoms with Crippen LogP contribution in [0.15, 0.2) is 97.1 Å². The Labute approximate surface area is 183 Å². The van der Waals surface area contributed by atoms with E-state index in [9.17, 15) is 5.11 Å². The van der Waals surface area contributed by atoms with Crippen LogP contribution < -0.4 is 4.74 Å². The van der Waals surface area contributed by atoms with Crippen molar-refractivity contribution in [2.24, 2.45) is 0 Å². The monoisotopic (exact) mass is 406 g/mol. The van der Waals surface area contributed by atoms with Crippen molar-refractivity contribution in [1.82, 2.24) is 0 Å². The van der Waals surface area contributed by atoms with Gasteiger partial charge in [0.15, 0.2) is 0 Å². The van der Waals surface area contributed by atoms with Gasteiger partial charge in [-0.15, -0.1) is 0 Å². The predicted octanol–water partition coefficient (Wildman–Crippen LogP) is 6.93. The molecule has 0 aliphatic heterocycles. The SMILES string of the molecule is CC(C)(C)Oc1ccc(C2(c3ccc(O)cc3)c3ccccc3-c3ccccc32)cc1. The number of phenols is 1. The Morgan fingerprint density at radius 1 is 0.613 bits per heavy atom. The second kappa shape index (κ2) is 7.02. The highest BCUT2D eigenvalue weighted by atomic mass is 16.5. The number of fused-ring (bicyclic) bond motifs is 3. The van der Waals surface area contributed by atoms with E-state index in [4.69, 9.17) is 4.74 Å². The summed E-state index contributed by atoms with van der Waals surface area (Å²) in [6.45, 7) is 6.17. The molecule has 154 valence electrons. The van der Waals surface area contributed by atoms with Crippen molar-refractivity contribution < 1.29 is 9.84 Å². The van der Waals surface area contributed by atoms with E-state index in [0.29, 0.717) is 0 Å². The maximum Gasteiger partial charge on any atom is 0.120 e. The van der Waals surface area contributed by atoms with Gasteiger partial charge in [0.2, 0.25) is 0 Å². The zero-order valence-electron chi connectivity index (χ0n) is 18.1. The highest BCUT2D eigenvalue weighted by Crippen LogP contribution is 2.56. The minimum Gasteiger partial charge on any atom is -0.508 e.